The van der Waals surface area contributed by atoms with Crippen LogP contribution in [0.5, 0.6) is 0 Å². The number of hydrogen-bond acceptors (Lipinski definition) is 5. The number of carbonyl (C=O) groups is 1. The van der Waals surface area contributed by atoms with Crippen LogP contribution in [0.15, 0.2) is 58.2 Å². The zero-order chi connectivity index (χ0) is 17.8. The SMILES string of the molecule is C[C@@H](Sc1nnc(-c2ccccc2)o1)C(=O)Nc1ccc(F)c(F)c1. The number of benzene rings is 2. The van der Waals surface area contributed by atoms with Gasteiger partial charge in [-0.1, -0.05) is 30.0 Å². The number of nitrogens with zero attached hydrogens (tertiary/aromatic N) is 2. The van der Waals surface area contributed by atoms with Gasteiger partial charge in [-0.3, -0.25) is 4.79 Å². The molecule has 0 fully saturated rings. The molecule has 0 bridgehead atoms. The fraction of sp³-hybridized carbons (Fsp3) is 0.118. The molecule has 25 heavy (non-hydrogen) atoms. The van der Waals surface area contributed by atoms with Gasteiger partial charge >= 0.3 is 0 Å². The summed E-state index contributed by atoms with van der Waals surface area (Å²) in [5.41, 5.74) is 0.951. The van der Waals surface area contributed by atoms with Gasteiger partial charge in [0.05, 0.1) is 5.25 Å². The third-order valence-corrected chi connectivity index (χ3v) is 4.20. The lowest BCUT2D eigenvalue weighted by Gasteiger charge is -2.10. The van der Waals surface area contributed by atoms with Crippen LogP contribution in [0.1, 0.15) is 6.92 Å². The molecule has 1 aromatic heterocycles. The maximum absolute atomic E-state index is 13.2. The number of hydrogen-bond donors (Lipinski definition) is 1. The molecule has 3 rings (SSSR count). The summed E-state index contributed by atoms with van der Waals surface area (Å²) < 4.78 is 31.6. The van der Waals surface area contributed by atoms with E-state index in [9.17, 15) is 13.6 Å². The minimum absolute atomic E-state index is 0.173. The van der Waals surface area contributed by atoms with Crippen LogP contribution in [-0.4, -0.2) is 21.4 Å². The first-order valence-corrected chi connectivity index (χ1v) is 8.22. The summed E-state index contributed by atoms with van der Waals surface area (Å²) in [6.45, 7) is 1.65. The molecule has 0 saturated carbocycles. The first-order chi connectivity index (χ1) is 12.0. The summed E-state index contributed by atoms with van der Waals surface area (Å²) >= 11 is 1.07. The molecule has 5 nitrogen and oxygen atoms in total. The van der Waals surface area contributed by atoms with Gasteiger partial charge in [0.1, 0.15) is 0 Å². The summed E-state index contributed by atoms with van der Waals surface area (Å²) in [5.74, 6) is -2.03. The lowest BCUT2D eigenvalue weighted by atomic mass is 10.2. The zero-order valence-electron chi connectivity index (χ0n) is 13.1. The van der Waals surface area contributed by atoms with Crippen molar-refractivity contribution >= 4 is 23.4 Å². The zero-order valence-corrected chi connectivity index (χ0v) is 13.9. The molecule has 1 N–H and O–H groups in total. The van der Waals surface area contributed by atoms with Crippen LogP contribution in [0.2, 0.25) is 0 Å². The van der Waals surface area contributed by atoms with Crippen molar-refractivity contribution in [3.8, 4) is 11.5 Å². The number of thioether (sulfide) groups is 1. The molecule has 2 aromatic carbocycles. The van der Waals surface area contributed by atoms with Crippen molar-refractivity contribution in [2.45, 2.75) is 17.4 Å². The molecule has 0 saturated heterocycles. The number of amides is 1. The van der Waals surface area contributed by atoms with E-state index in [1.807, 2.05) is 30.3 Å². The van der Waals surface area contributed by atoms with E-state index in [-0.39, 0.29) is 10.9 Å². The Morgan fingerprint density at radius 1 is 1.12 bits per heavy atom. The molecule has 1 atom stereocenters. The van der Waals surface area contributed by atoms with Crippen molar-refractivity contribution in [2.24, 2.45) is 0 Å². The van der Waals surface area contributed by atoms with Crippen molar-refractivity contribution in [1.82, 2.24) is 10.2 Å². The number of anilines is 1. The second kappa shape index (κ2) is 7.43. The number of halogens is 2. The highest BCUT2D eigenvalue weighted by molar-refractivity contribution is 8.00. The van der Waals surface area contributed by atoms with Crippen molar-refractivity contribution in [3.05, 3.63) is 60.2 Å². The second-order valence-corrected chi connectivity index (χ2v) is 6.41. The Labute approximate surface area is 146 Å². The molecular formula is C17H13F2N3O2S. The van der Waals surface area contributed by atoms with Gasteiger partial charge < -0.3 is 9.73 Å². The average Bonchev–Trinajstić information content (AvgIpc) is 3.07. The minimum atomic E-state index is -1.03. The molecule has 0 radical (unpaired) electrons. The highest BCUT2D eigenvalue weighted by Gasteiger charge is 2.19. The fourth-order valence-corrected chi connectivity index (χ4v) is 2.66. The fourth-order valence-electron chi connectivity index (χ4n) is 1.98. The van der Waals surface area contributed by atoms with Gasteiger partial charge in [-0.05, 0) is 31.2 Å². The van der Waals surface area contributed by atoms with Crippen LogP contribution < -0.4 is 5.32 Å². The molecule has 1 amide bonds. The molecule has 3 aromatic rings. The average molecular weight is 361 g/mol. The normalized spacial score (nSPS) is 12.0. The Kier molecular flexibility index (Phi) is 5.08. The molecule has 0 spiro atoms. The van der Waals surface area contributed by atoms with Crippen LogP contribution in [0.25, 0.3) is 11.5 Å². The van der Waals surface area contributed by atoms with E-state index in [0.717, 1.165) is 29.5 Å². The van der Waals surface area contributed by atoms with E-state index in [0.29, 0.717) is 5.89 Å². The van der Waals surface area contributed by atoms with E-state index in [1.165, 1.54) is 6.07 Å². The Hall–Kier alpha value is -2.74. The monoisotopic (exact) mass is 361 g/mol. The summed E-state index contributed by atoms with van der Waals surface area (Å²) in [5, 5.41) is 10.0. The standard InChI is InChI=1S/C17H13F2N3O2S/c1-10(15(23)20-12-7-8-13(18)14(19)9-12)25-17-22-21-16(24-17)11-5-3-2-4-6-11/h2-10H,1H3,(H,20,23)/t10-/m1/s1. The van der Waals surface area contributed by atoms with Crippen molar-refractivity contribution < 1.29 is 18.0 Å². The molecule has 0 aliphatic heterocycles. The summed E-state index contributed by atoms with van der Waals surface area (Å²) in [4.78, 5) is 12.2. The van der Waals surface area contributed by atoms with Gasteiger partial charge in [-0.2, -0.15) is 0 Å². The first kappa shape index (κ1) is 17.1. The largest absolute Gasteiger partial charge is 0.411 e. The van der Waals surface area contributed by atoms with Crippen LogP contribution in [-0.2, 0) is 4.79 Å². The lowest BCUT2D eigenvalue weighted by Crippen LogP contribution is -2.22. The molecule has 0 unspecified atom stereocenters. The predicted octanol–water partition coefficient (Wildman–Crippen LogP) is 4.13. The van der Waals surface area contributed by atoms with Crippen molar-refractivity contribution in [3.63, 3.8) is 0 Å². The third kappa shape index (κ3) is 4.21. The molecule has 0 aliphatic rings. The summed E-state index contributed by atoms with van der Waals surface area (Å²) in [6.07, 6.45) is 0. The Balaban J connectivity index is 1.63. The van der Waals surface area contributed by atoms with E-state index in [4.69, 9.17) is 4.42 Å². The van der Waals surface area contributed by atoms with Gasteiger partial charge in [0.2, 0.25) is 11.8 Å². The van der Waals surface area contributed by atoms with Gasteiger partial charge in [-0.15, -0.1) is 10.2 Å². The molecule has 1 heterocycles. The van der Waals surface area contributed by atoms with E-state index in [1.54, 1.807) is 6.92 Å². The maximum Gasteiger partial charge on any atom is 0.277 e. The van der Waals surface area contributed by atoms with E-state index >= 15 is 0 Å². The topological polar surface area (TPSA) is 68.0 Å². The number of rotatable bonds is 5. The minimum Gasteiger partial charge on any atom is -0.411 e. The Morgan fingerprint density at radius 2 is 1.88 bits per heavy atom. The van der Waals surface area contributed by atoms with E-state index in [2.05, 4.69) is 15.5 Å². The molecule has 8 heteroatoms. The number of aromatic nitrogens is 2. The van der Waals surface area contributed by atoms with Crippen molar-refractivity contribution in [1.29, 1.82) is 0 Å². The van der Waals surface area contributed by atoms with Crippen molar-refractivity contribution in [2.75, 3.05) is 5.32 Å². The van der Waals surface area contributed by atoms with Gasteiger partial charge in [0, 0.05) is 17.3 Å². The van der Waals surface area contributed by atoms with Crippen LogP contribution in [0.4, 0.5) is 14.5 Å². The highest BCUT2D eigenvalue weighted by Crippen LogP contribution is 2.26. The maximum atomic E-state index is 13.2. The van der Waals surface area contributed by atoms with Crippen LogP contribution >= 0.6 is 11.8 Å². The molecular weight excluding hydrogens is 348 g/mol. The molecule has 128 valence electrons. The van der Waals surface area contributed by atoms with Gasteiger partial charge in [0.25, 0.3) is 5.22 Å². The summed E-state index contributed by atoms with van der Waals surface area (Å²) in [7, 11) is 0. The predicted molar refractivity (Wildman–Crippen MR) is 90.0 cm³/mol. The quantitative estimate of drug-likeness (QED) is 0.692. The smallest absolute Gasteiger partial charge is 0.277 e. The van der Waals surface area contributed by atoms with E-state index < -0.39 is 22.8 Å². The Bertz CT molecular complexity index is 887. The highest BCUT2D eigenvalue weighted by atomic mass is 32.2. The Morgan fingerprint density at radius 3 is 2.60 bits per heavy atom. The number of carbonyl (C=O) groups excluding carboxylic acids is 1. The van der Waals surface area contributed by atoms with Gasteiger partial charge in [-0.25, -0.2) is 8.78 Å². The van der Waals surface area contributed by atoms with Gasteiger partial charge in [0.15, 0.2) is 11.6 Å². The number of nitrogens with one attached hydrogen (secondary N) is 1. The second-order valence-electron chi connectivity index (χ2n) is 5.12. The van der Waals surface area contributed by atoms with Crippen LogP contribution in [0.3, 0.4) is 0 Å². The third-order valence-electron chi connectivity index (χ3n) is 3.26. The van der Waals surface area contributed by atoms with Crippen LogP contribution in [0, 0.1) is 11.6 Å². The first-order valence-electron chi connectivity index (χ1n) is 7.34. The lowest BCUT2D eigenvalue weighted by molar-refractivity contribution is -0.115. The summed E-state index contributed by atoms with van der Waals surface area (Å²) in [6, 6.07) is 12.4. The molecule has 0 aliphatic carbocycles.